The van der Waals surface area contributed by atoms with Crippen LogP contribution in [-0.4, -0.2) is 16.1 Å². The lowest BCUT2D eigenvalue weighted by Crippen LogP contribution is -1.97. The first-order chi connectivity index (χ1) is 6.59. The fraction of sp³-hybridized carbons (Fsp3) is 0.111. The zero-order chi connectivity index (χ0) is 10.3. The molecular formula is C9H6FNO2S. The van der Waals surface area contributed by atoms with Crippen LogP contribution in [0.1, 0.15) is 15.4 Å². The lowest BCUT2D eigenvalue weighted by atomic mass is 10.2. The third-order valence-electron chi connectivity index (χ3n) is 1.83. The van der Waals surface area contributed by atoms with Gasteiger partial charge in [0.05, 0.1) is 20.8 Å². The van der Waals surface area contributed by atoms with Crippen LogP contribution in [0.4, 0.5) is 4.39 Å². The molecule has 0 unspecified atom stereocenters. The van der Waals surface area contributed by atoms with E-state index in [9.17, 15) is 9.18 Å². The summed E-state index contributed by atoms with van der Waals surface area (Å²) in [4.78, 5) is 14.8. The van der Waals surface area contributed by atoms with Gasteiger partial charge in [-0.15, -0.1) is 11.3 Å². The molecule has 0 aliphatic rings. The number of thiazole rings is 1. The van der Waals surface area contributed by atoms with Crippen molar-refractivity contribution in [2.75, 3.05) is 0 Å². The molecule has 1 aromatic heterocycles. The van der Waals surface area contributed by atoms with Gasteiger partial charge >= 0.3 is 5.97 Å². The van der Waals surface area contributed by atoms with Crippen molar-refractivity contribution in [3.8, 4) is 0 Å². The molecule has 0 fully saturated rings. The highest BCUT2D eigenvalue weighted by Gasteiger charge is 2.14. The van der Waals surface area contributed by atoms with E-state index in [1.54, 1.807) is 6.92 Å². The van der Waals surface area contributed by atoms with Gasteiger partial charge in [0.1, 0.15) is 5.82 Å². The highest BCUT2D eigenvalue weighted by Crippen LogP contribution is 2.27. The topological polar surface area (TPSA) is 50.2 Å². The van der Waals surface area contributed by atoms with Crippen molar-refractivity contribution >= 4 is 27.5 Å². The number of aryl methyl sites for hydroxylation is 1. The van der Waals surface area contributed by atoms with Crippen molar-refractivity contribution in [3.05, 3.63) is 28.5 Å². The van der Waals surface area contributed by atoms with Gasteiger partial charge in [-0.2, -0.15) is 0 Å². The standard InChI is InChI=1S/C9H6FNO2S/c1-4-11-7-5(9(12)13)2-3-6(10)8(7)14-4/h2-3H,1H3,(H,12,13). The Morgan fingerprint density at radius 2 is 2.29 bits per heavy atom. The van der Waals surface area contributed by atoms with Crippen LogP contribution in [-0.2, 0) is 0 Å². The lowest BCUT2D eigenvalue weighted by molar-refractivity contribution is 0.0699. The monoisotopic (exact) mass is 211 g/mol. The fourth-order valence-corrected chi connectivity index (χ4v) is 2.11. The van der Waals surface area contributed by atoms with Gasteiger partial charge < -0.3 is 5.11 Å². The molecule has 72 valence electrons. The van der Waals surface area contributed by atoms with Crippen LogP contribution in [0.3, 0.4) is 0 Å². The minimum absolute atomic E-state index is 0.0470. The first-order valence-corrected chi connectivity index (χ1v) is 4.70. The Morgan fingerprint density at radius 3 is 2.93 bits per heavy atom. The van der Waals surface area contributed by atoms with Crippen LogP contribution in [0.2, 0.25) is 0 Å². The SMILES string of the molecule is Cc1nc2c(C(=O)O)ccc(F)c2s1. The Hall–Kier alpha value is -1.49. The molecule has 0 spiro atoms. The van der Waals surface area contributed by atoms with Crippen LogP contribution in [0.25, 0.3) is 10.2 Å². The molecule has 0 radical (unpaired) electrons. The Morgan fingerprint density at radius 1 is 1.57 bits per heavy atom. The van der Waals surface area contributed by atoms with E-state index < -0.39 is 11.8 Å². The molecule has 1 N–H and O–H groups in total. The summed E-state index contributed by atoms with van der Waals surface area (Å²) in [6.07, 6.45) is 0. The predicted octanol–water partition coefficient (Wildman–Crippen LogP) is 2.44. The molecule has 1 aromatic carbocycles. The van der Waals surface area contributed by atoms with Gasteiger partial charge in [0.25, 0.3) is 0 Å². The van der Waals surface area contributed by atoms with Crippen molar-refractivity contribution in [2.24, 2.45) is 0 Å². The normalized spacial score (nSPS) is 10.7. The number of carboxylic acids is 1. The van der Waals surface area contributed by atoms with Crippen LogP contribution in [0.5, 0.6) is 0 Å². The zero-order valence-electron chi connectivity index (χ0n) is 7.24. The van der Waals surface area contributed by atoms with Crippen LogP contribution in [0.15, 0.2) is 12.1 Å². The van der Waals surface area contributed by atoms with Crippen LogP contribution >= 0.6 is 11.3 Å². The number of benzene rings is 1. The number of carbonyl (C=O) groups is 1. The molecule has 2 aromatic rings. The maximum Gasteiger partial charge on any atom is 0.337 e. The van der Waals surface area contributed by atoms with Crippen molar-refractivity contribution < 1.29 is 14.3 Å². The summed E-state index contributed by atoms with van der Waals surface area (Å²) in [6, 6.07) is 2.39. The van der Waals surface area contributed by atoms with E-state index in [1.807, 2.05) is 0 Å². The van der Waals surface area contributed by atoms with Gasteiger partial charge in [0, 0.05) is 0 Å². The minimum Gasteiger partial charge on any atom is -0.478 e. The van der Waals surface area contributed by atoms with E-state index >= 15 is 0 Å². The number of hydrogen-bond donors (Lipinski definition) is 1. The Kier molecular flexibility index (Phi) is 1.96. The van der Waals surface area contributed by atoms with E-state index in [-0.39, 0.29) is 11.1 Å². The summed E-state index contributed by atoms with van der Waals surface area (Å²) < 4.78 is 13.5. The highest BCUT2D eigenvalue weighted by molar-refractivity contribution is 7.18. The highest BCUT2D eigenvalue weighted by atomic mass is 32.1. The average Bonchev–Trinajstić information content (AvgIpc) is 2.47. The maximum absolute atomic E-state index is 13.2. The van der Waals surface area contributed by atoms with E-state index in [2.05, 4.69) is 4.98 Å². The lowest BCUT2D eigenvalue weighted by Gasteiger charge is -1.95. The minimum atomic E-state index is -1.08. The number of aromatic nitrogens is 1. The van der Waals surface area contributed by atoms with Gasteiger partial charge in [-0.3, -0.25) is 0 Å². The van der Waals surface area contributed by atoms with Crippen molar-refractivity contribution in [3.63, 3.8) is 0 Å². The maximum atomic E-state index is 13.2. The zero-order valence-corrected chi connectivity index (χ0v) is 8.06. The molecule has 0 saturated heterocycles. The van der Waals surface area contributed by atoms with E-state index in [0.717, 1.165) is 17.4 Å². The molecular weight excluding hydrogens is 205 g/mol. The summed E-state index contributed by atoms with van der Waals surface area (Å²) in [5, 5.41) is 9.48. The Balaban J connectivity index is 2.87. The first kappa shape index (κ1) is 9.08. The first-order valence-electron chi connectivity index (χ1n) is 3.88. The van der Waals surface area contributed by atoms with Crippen LogP contribution < -0.4 is 0 Å². The van der Waals surface area contributed by atoms with Gasteiger partial charge in [-0.25, -0.2) is 14.2 Å². The van der Waals surface area contributed by atoms with Crippen molar-refractivity contribution in [2.45, 2.75) is 6.92 Å². The summed E-state index contributed by atoms with van der Waals surface area (Å²) >= 11 is 1.16. The molecule has 0 atom stereocenters. The van der Waals surface area contributed by atoms with Gasteiger partial charge in [0.2, 0.25) is 0 Å². The van der Waals surface area contributed by atoms with Gasteiger partial charge in [-0.1, -0.05) is 0 Å². The Bertz CT molecular complexity index is 521. The fourth-order valence-electron chi connectivity index (χ4n) is 1.26. The molecule has 0 aliphatic carbocycles. The molecule has 3 nitrogen and oxygen atoms in total. The molecule has 5 heteroatoms. The third kappa shape index (κ3) is 1.26. The Labute approximate surface area is 82.8 Å². The predicted molar refractivity (Wildman–Crippen MR) is 51.3 cm³/mol. The number of aromatic carboxylic acids is 1. The van der Waals surface area contributed by atoms with Crippen molar-refractivity contribution in [1.82, 2.24) is 4.98 Å². The van der Waals surface area contributed by atoms with E-state index in [1.165, 1.54) is 6.07 Å². The summed E-state index contributed by atoms with van der Waals surface area (Å²) in [7, 11) is 0. The van der Waals surface area contributed by atoms with Gasteiger partial charge in [-0.05, 0) is 19.1 Å². The van der Waals surface area contributed by atoms with E-state index in [0.29, 0.717) is 9.71 Å². The molecule has 0 saturated carbocycles. The van der Waals surface area contributed by atoms with Gasteiger partial charge in [0.15, 0.2) is 0 Å². The summed E-state index contributed by atoms with van der Waals surface area (Å²) in [6.45, 7) is 1.72. The molecule has 0 bridgehead atoms. The number of nitrogens with zero attached hydrogens (tertiary/aromatic N) is 1. The number of halogens is 1. The molecule has 0 aliphatic heterocycles. The van der Waals surface area contributed by atoms with Crippen LogP contribution in [0, 0.1) is 12.7 Å². The number of rotatable bonds is 1. The smallest absolute Gasteiger partial charge is 0.337 e. The quantitative estimate of drug-likeness (QED) is 0.788. The summed E-state index contributed by atoms with van der Waals surface area (Å²) in [5.74, 6) is -1.50. The third-order valence-corrected chi connectivity index (χ3v) is 2.81. The average molecular weight is 211 g/mol. The second-order valence-electron chi connectivity index (χ2n) is 2.81. The molecule has 2 rings (SSSR count). The number of carboxylic acid groups (broad SMARTS) is 1. The summed E-state index contributed by atoms with van der Waals surface area (Å²) in [5.41, 5.74) is 0.283. The second kappa shape index (κ2) is 3.02. The number of hydrogen-bond acceptors (Lipinski definition) is 3. The largest absolute Gasteiger partial charge is 0.478 e. The van der Waals surface area contributed by atoms with Crippen molar-refractivity contribution in [1.29, 1.82) is 0 Å². The molecule has 14 heavy (non-hydrogen) atoms. The molecule has 1 heterocycles. The second-order valence-corrected chi connectivity index (χ2v) is 4.01. The number of fused-ring (bicyclic) bond motifs is 1. The van der Waals surface area contributed by atoms with E-state index in [4.69, 9.17) is 5.11 Å². The molecule has 0 amide bonds.